The molecule has 0 aliphatic carbocycles. The third kappa shape index (κ3) is 5.54. The molecule has 0 unspecified atom stereocenters. The second-order valence-electron chi connectivity index (χ2n) is 7.25. The smallest absolute Gasteiger partial charge is 0.341 e. The van der Waals surface area contributed by atoms with Crippen molar-refractivity contribution in [2.24, 2.45) is 5.73 Å². The van der Waals surface area contributed by atoms with Gasteiger partial charge < -0.3 is 15.8 Å². The van der Waals surface area contributed by atoms with Crippen molar-refractivity contribution in [3.05, 3.63) is 58.5 Å². The highest BCUT2D eigenvalue weighted by Gasteiger charge is 2.26. The Kier molecular flexibility index (Phi) is 8.24. The summed E-state index contributed by atoms with van der Waals surface area (Å²) in [5.41, 5.74) is 7.97. The Morgan fingerprint density at radius 1 is 1.24 bits per heavy atom. The van der Waals surface area contributed by atoms with E-state index in [0.717, 1.165) is 22.5 Å². The van der Waals surface area contributed by atoms with Crippen LogP contribution in [0.1, 0.15) is 38.1 Å². The number of allylic oxidation sites excluding steroid dienone is 1. The van der Waals surface area contributed by atoms with Gasteiger partial charge in [0.2, 0.25) is 5.91 Å². The van der Waals surface area contributed by atoms with Gasteiger partial charge in [0.1, 0.15) is 5.00 Å². The fourth-order valence-corrected chi connectivity index (χ4v) is 4.99. The highest BCUT2D eigenvalue weighted by atomic mass is 32.2. The van der Waals surface area contributed by atoms with Crippen LogP contribution < -0.4 is 11.1 Å². The number of rotatable bonds is 10. The molecule has 2 aromatic heterocycles. The van der Waals surface area contributed by atoms with Crippen molar-refractivity contribution in [3.63, 3.8) is 0 Å². The quantitative estimate of drug-likeness (QED) is 0.246. The van der Waals surface area contributed by atoms with Crippen LogP contribution >= 0.6 is 23.1 Å². The normalized spacial score (nSPS) is 10.7. The molecule has 1 aromatic carbocycles. The van der Waals surface area contributed by atoms with E-state index >= 15 is 0 Å². The van der Waals surface area contributed by atoms with Gasteiger partial charge >= 0.3 is 5.97 Å². The lowest BCUT2D eigenvalue weighted by atomic mass is 10.1. The number of carbonyl (C=O) groups excluding carboxylic acids is 3. The summed E-state index contributed by atoms with van der Waals surface area (Å²) in [6, 6.07) is 7.92. The zero-order valence-electron chi connectivity index (χ0n) is 19.1. The van der Waals surface area contributed by atoms with Crippen molar-refractivity contribution in [3.8, 4) is 11.4 Å². The van der Waals surface area contributed by atoms with E-state index in [4.69, 9.17) is 10.5 Å². The van der Waals surface area contributed by atoms with Crippen LogP contribution in [0.2, 0.25) is 0 Å². The van der Waals surface area contributed by atoms with Crippen molar-refractivity contribution in [1.29, 1.82) is 0 Å². The molecule has 34 heavy (non-hydrogen) atoms. The number of aryl methyl sites for hydroxylation is 1. The van der Waals surface area contributed by atoms with Gasteiger partial charge in [-0.2, -0.15) is 0 Å². The highest BCUT2D eigenvalue weighted by Crippen LogP contribution is 2.34. The van der Waals surface area contributed by atoms with E-state index < -0.39 is 11.9 Å². The van der Waals surface area contributed by atoms with E-state index in [1.807, 2.05) is 35.8 Å². The number of hydrogen-bond acceptors (Lipinski definition) is 8. The van der Waals surface area contributed by atoms with E-state index in [0.29, 0.717) is 23.1 Å². The number of aromatic nitrogens is 3. The zero-order valence-corrected chi connectivity index (χ0v) is 20.7. The number of thiophene rings is 1. The Morgan fingerprint density at radius 2 is 1.94 bits per heavy atom. The Morgan fingerprint density at radius 3 is 2.56 bits per heavy atom. The molecule has 0 aliphatic heterocycles. The van der Waals surface area contributed by atoms with Gasteiger partial charge in [-0.15, -0.1) is 28.1 Å². The van der Waals surface area contributed by atoms with Crippen LogP contribution in [0.15, 0.2) is 42.1 Å². The summed E-state index contributed by atoms with van der Waals surface area (Å²) in [6.45, 7) is 9.70. The maximum absolute atomic E-state index is 12.7. The second-order valence-corrected chi connectivity index (χ2v) is 9.22. The first-order valence-corrected chi connectivity index (χ1v) is 12.2. The molecule has 3 N–H and O–H groups in total. The molecule has 0 spiro atoms. The van der Waals surface area contributed by atoms with Crippen molar-refractivity contribution in [1.82, 2.24) is 14.8 Å². The first-order chi connectivity index (χ1) is 16.3. The first kappa shape index (κ1) is 25.2. The lowest BCUT2D eigenvalue weighted by Gasteiger charge is -2.09. The van der Waals surface area contributed by atoms with Crippen LogP contribution in [-0.4, -0.2) is 44.9 Å². The summed E-state index contributed by atoms with van der Waals surface area (Å²) >= 11 is 2.15. The fraction of sp³-hybridized carbons (Fsp3) is 0.261. The number of thioether (sulfide) groups is 1. The molecule has 0 radical (unpaired) electrons. The Labute approximate surface area is 205 Å². The van der Waals surface area contributed by atoms with Crippen LogP contribution in [0.3, 0.4) is 0 Å². The van der Waals surface area contributed by atoms with Gasteiger partial charge in [0.15, 0.2) is 11.0 Å². The van der Waals surface area contributed by atoms with Crippen LogP contribution in [0, 0.1) is 13.8 Å². The van der Waals surface area contributed by atoms with Crippen LogP contribution in [0.4, 0.5) is 5.00 Å². The third-order valence-electron chi connectivity index (χ3n) is 4.77. The minimum absolute atomic E-state index is 0.00823. The molecule has 0 bridgehead atoms. The standard InChI is InChI=1S/C23H25N5O4S2/c1-5-11-28-20(15-9-7-13(3)8-10-15)26-27-23(28)33-12-16(29)25-21-17(22(31)32-6-2)14(4)18(34-21)19(24)30/h5,7-10H,1,6,11-12H2,2-4H3,(H2,24,30)(H,25,29). The number of primary amides is 1. The van der Waals surface area contributed by atoms with E-state index in [9.17, 15) is 14.4 Å². The molecule has 9 nitrogen and oxygen atoms in total. The average molecular weight is 500 g/mol. The summed E-state index contributed by atoms with van der Waals surface area (Å²) in [4.78, 5) is 37.1. The van der Waals surface area contributed by atoms with Gasteiger partial charge in [-0.25, -0.2) is 4.79 Å². The Bertz CT molecular complexity index is 1230. The predicted molar refractivity (Wildman–Crippen MR) is 133 cm³/mol. The molecular formula is C23H25N5O4S2. The summed E-state index contributed by atoms with van der Waals surface area (Å²) in [7, 11) is 0. The summed E-state index contributed by atoms with van der Waals surface area (Å²) in [6.07, 6.45) is 1.73. The minimum atomic E-state index is -0.677. The number of anilines is 1. The molecule has 178 valence electrons. The number of nitrogens with zero attached hydrogens (tertiary/aromatic N) is 3. The maximum Gasteiger partial charge on any atom is 0.341 e. The lowest BCUT2D eigenvalue weighted by molar-refractivity contribution is -0.113. The zero-order chi connectivity index (χ0) is 24.8. The molecule has 3 aromatic rings. The van der Waals surface area contributed by atoms with Crippen molar-refractivity contribution < 1.29 is 19.1 Å². The van der Waals surface area contributed by atoms with Crippen LogP contribution in [0.25, 0.3) is 11.4 Å². The molecule has 3 rings (SSSR count). The fourth-order valence-electron chi connectivity index (χ4n) is 3.18. The largest absolute Gasteiger partial charge is 0.462 e. The van der Waals surface area contributed by atoms with Gasteiger partial charge in [0.05, 0.1) is 22.8 Å². The van der Waals surface area contributed by atoms with E-state index in [-0.39, 0.29) is 33.7 Å². The predicted octanol–water partition coefficient (Wildman–Crippen LogP) is 3.82. The van der Waals surface area contributed by atoms with E-state index in [1.165, 1.54) is 11.8 Å². The lowest BCUT2D eigenvalue weighted by Crippen LogP contribution is -2.17. The van der Waals surface area contributed by atoms with Gasteiger partial charge in [-0.3, -0.25) is 14.2 Å². The molecule has 2 amide bonds. The number of esters is 1. The monoisotopic (exact) mass is 499 g/mol. The topological polar surface area (TPSA) is 129 Å². The molecule has 0 saturated carbocycles. The average Bonchev–Trinajstić information content (AvgIpc) is 3.34. The minimum Gasteiger partial charge on any atom is -0.462 e. The molecule has 2 heterocycles. The number of benzene rings is 1. The van der Waals surface area contributed by atoms with Crippen molar-refractivity contribution >= 4 is 45.9 Å². The Balaban J connectivity index is 1.79. The van der Waals surface area contributed by atoms with Crippen LogP contribution in [0.5, 0.6) is 0 Å². The number of ether oxygens (including phenoxy) is 1. The summed E-state index contributed by atoms with van der Waals surface area (Å²) in [5, 5.41) is 12.0. The SMILES string of the molecule is C=CCn1c(SCC(=O)Nc2sc(C(N)=O)c(C)c2C(=O)OCC)nnc1-c1ccc(C)cc1. The second kappa shape index (κ2) is 11.1. The summed E-state index contributed by atoms with van der Waals surface area (Å²) < 4.78 is 6.95. The van der Waals surface area contributed by atoms with Gasteiger partial charge in [-0.1, -0.05) is 47.7 Å². The highest BCUT2D eigenvalue weighted by molar-refractivity contribution is 7.99. The summed E-state index contributed by atoms with van der Waals surface area (Å²) in [5.74, 6) is -0.997. The van der Waals surface area contributed by atoms with Crippen LogP contribution in [-0.2, 0) is 16.1 Å². The van der Waals surface area contributed by atoms with E-state index in [2.05, 4.69) is 22.1 Å². The maximum atomic E-state index is 12.7. The molecule has 0 aliphatic rings. The number of amides is 2. The van der Waals surface area contributed by atoms with Crippen molar-refractivity contribution in [2.75, 3.05) is 17.7 Å². The van der Waals surface area contributed by atoms with Gasteiger partial charge in [-0.05, 0) is 26.3 Å². The van der Waals surface area contributed by atoms with Gasteiger partial charge in [0, 0.05) is 12.1 Å². The number of carbonyl (C=O) groups is 3. The molecule has 0 atom stereocenters. The molecular weight excluding hydrogens is 474 g/mol. The number of nitrogens with one attached hydrogen (secondary N) is 1. The molecule has 11 heteroatoms. The van der Waals surface area contributed by atoms with E-state index in [1.54, 1.807) is 19.9 Å². The van der Waals surface area contributed by atoms with Crippen molar-refractivity contribution in [2.45, 2.75) is 32.5 Å². The Hall–Kier alpha value is -3.44. The number of nitrogens with two attached hydrogens (primary N) is 1. The molecule has 0 saturated heterocycles. The molecule has 0 fully saturated rings. The van der Waals surface area contributed by atoms with Gasteiger partial charge in [0.25, 0.3) is 5.91 Å². The third-order valence-corrected chi connectivity index (χ3v) is 6.96. The number of hydrogen-bond donors (Lipinski definition) is 2. The first-order valence-electron chi connectivity index (χ1n) is 10.4.